The molecule has 26 heavy (non-hydrogen) atoms. The number of fused-ring (bicyclic) bond motifs is 1. The molecule has 0 atom stereocenters. The molecule has 0 spiro atoms. The highest BCUT2D eigenvalue weighted by atomic mass is 32.2. The molecule has 6 nitrogen and oxygen atoms in total. The topological polar surface area (TPSA) is 65.1 Å². The third kappa shape index (κ3) is 4.37. The van der Waals surface area contributed by atoms with Crippen molar-refractivity contribution < 1.29 is 23.8 Å². The van der Waals surface area contributed by atoms with E-state index in [2.05, 4.69) is 0 Å². The molecule has 1 saturated heterocycles. The highest BCUT2D eigenvalue weighted by Gasteiger charge is 2.32. The van der Waals surface area contributed by atoms with Crippen LogP contribution in [-0.4, -0.2) is 41.0 Å². The van der Waals surface area contributed by atoms with Crippen molar-refractivity contribution >= 4 is 46.3 Å². The second kappa shape index (κ2) is 8.55. The summed E-state index contributed by atoms with van der Waals surface area (Å²) in [5.41, 5.74) is 0.828. The van der Waals surface area contributed by atoms with Gasteiger partial charge in [0.25, 0.3) is 5.91 Å². The Morgan fingerprint density at radius 1 is 1.38 bits per heavy atom. The monoisotopic (exact) mass is 393 g/mol. The van der Waals surface area contributed by atoms with Crippen molar-refractivity contribution in [2.75, 3.05) is 19.9 Å². The Labute approximate surface area is 161 Å². The van der Waals surface area contributed by atoms with Crippen LogP contribution in [0.2, 0.25) is 0 Å². The highest BCUT2D eigenvalue weighted by Crippen LogP contribution is 2.36. The molecular weight excluding hydrogens is 374 g/mol. The number of amides is 1. The summed E-state index contributed by atoms with van der Waals surface area (Å²) in [5.74, 6) is 0.839. The molecule has 1 fully saturated rings. The summed E-state index contributed by atoms with van der Waals surface area (Å²) in [6, 6.07) is 5.48. The standard InChI is InChI=1S/C18H19NO5S2/c1-2-3-8-22-16(20)6-7-19-17(21)15(26-18(19)25)10-12-4-5-13-14(9-12)24-11-23-13/h4-5,9-10H,2-3,6-8,11H2,1H3. The van der Waals surface area contributed by atoms with Gasteiger partial charge < -0.3 is 14.2 Å². The molecule has 0 radical (unpaired) electrons. The van der Waals surface area contributed by atoms with Crippen LogP contribution in [0, 0.1) is 0 Å². The van der Waals surface area contributed by atoms with Gasteiger partial charge in [-0.1, -0.05) is 43.4 Å². The second-order valence-corrected chi connectivity index (χ2v) is 7.45. The summed E-state index contributed by atoms with van der Waals surface area (Å²) < 4.78 is 16.2. The smallest absolute Gasteiger partial charge is 0.307 e. The number of carbonyl (C=O) groups excluding carboxylic acids is 2. The van der Waals surface area contributed by atoms with E-state index in [1.165, 1.54) is 16.7 Å². The van der Waals surface area contributed by atoms with Gasteiger partial charge in [0.2, 0.25) is 6.79 Å². The van der Waals surface area contributed by atoms with Crippen molar-refractivity contribution in [1.82, 2.24) is 4.90 Å². The minimum Gasteiger partial charge on any atom is -0.466 e. The van der Waals surface area contributed by atoms with Crippen LogP contribution in [0.1, 0.15) is 31.7 Å². The number of carbonyl (C=O) groups is 2. The van der Waals surface area contributed by atoms with Crippen LogP contribution in [0.5, 0.6) is 11.5 Å². The maximum atomic E-state index is 12.6. The summed E-state index contributed by atoms with van der Waals surface area (Å²) in [7, 11) is 0. The maximum absolute atomic E-state index is 12.6. The van der Waals surface area contributed by atoms with Gasteiger partial charge in [-0.05, 0) is 30.2 Å². The van der Waals surface area contributed by atoms with Crippen LogP contribution in [0.15, 0.2) is 23.1 Å². The van der Waals surface area contributed by atoms with Gasteiger partial charge in [-0.15, -0.1) is 0 Å². The van der Waals surface area contributed by atoms with Gasteiger partial charge in [0.1, 0.15) is 4.32 Å². The van der Waals surface area contributed by atoms with Gasteiger partial charge in [-0.2, -0.15) is 0 Å². The average Bonchev–Trinajstić information content (AvgIpc) is 3.18. The molecule has 1 amide bonds. The third-order valence-corrected chi connectivity index (χ3v) is 5.25. The molecule has 0 bridgehead atoms. The van der Waals surface area contributed by atoms with Crippen molar-refractivity contribution in [3.05, 3.63) is 28.7 Å². The number of esters is 1. The lowest BCUT2D eigenvalue weighted by molar-refractivity contribution is -0.144. The summed E-state index contributed by atoms with van der Waals surface area (Å²) in [5, 5.41) is 0. The lowest BCUT2D eigenvalue weighted by atomic mass is 10.2. The first-order valence-corrected chi connectivity index (χ1v) is 9.61. The van der Waals surface area contributed by atoms with E-state index in [0.717, 1.165) is 18.4 Å². The zero-order valence-electron chi connectivity index (χ0n) is 14.4. The van der Waals surface area contributed by atoms with Crippen molar-refractivity contribution in [3.63, 3.8) is 0 Å². The molecule has 2 aliphatic rings. The molecule has 8 heteroatoms. The van der Waals surface area contributed by atoms with Crippen molar-refractivity contribution in [3.8, 4) is 11.5 Å². The molecular formula is C18H19NO5S2. The van der Waals surface area contributed by atoms with E-state index in [1.54, 1.807) is 12.1 Å². The molecule has 0 aliphatic carbocycles. The normalized spacial score (nSPS) is 17.3. The molecule has 3 rings (SSSR count). The Morgan fingerprint density at radius 2 is 2.19 bits per heavy atom. The van der Waals surface area contributed by atoms with Crippen molar-refractivity contribution in [2.45, 2.75) is 26.2 Å². The van der Waals surface area contributed by atoms with E-state index in [-0.39, 0.29) is 31.6 Å². The van der Waals surface area contributed by atoms with Gasteiger partial charge in [0, 0.05) is 6.54 Å². The number of benzene rings is 1. The van der Waals surface area contributed by atoms with Crippen LogP contribution in [0.25, 0.3) is 6.08 Å². The van der Waals surface area contributed by atoms with Crippen LogP contribution in [0.4, 0.5) is 0 Å². The van der Waals surface area contributed by atoms with Crippen LogP contribution in [0.3, 0.4) is 0 Å². The molecule has 0 saturated carbocycles. The SMILES string of the molecule is CCCCOC(=O)CCN1C(=O)C(=Cc2ccc3c(c2)OCO3)SC1=S. The molecule has 0 N–H and O–H groups in total. The fourth-order valence-corrected chi connectivity index (χ4v) is 3.76. The highest BCUT2D eigenvalue weighted by molar-refractivity contribution is 8.26. The zero-order chi connectivity index (χ0) is 18.5. The Balaban J connectivity index is 1.60. The number of thiocarbonyl (C=S) groups is 1. The summed E-state index contributed by atoms with van der Waals surface area (Å²) in [6.45, 7) is 2.88. The number of unbranched alkanes of at least 4 members (excludes halogenated alkanes) is 1. The first-order chi connectivity index (χ1) is 12.6. The van der Waals surface area contributed by atoms with Crippen molar-refractivity contribution in [1.29, 1.82) is 0 Å². The van der Waals surface area contributed by atoms with Crippen LogP contribution < -0.4 is 9.47 Å². The number of hydrogen-bond donors (Lipinski definition) is 0. The quantitative estimate of drug-likeness (QED) is 0.305. The Morgan fingerprint density at radius 3 is 3.00 bits per heavy atom. The predicted octanol–water partition coefficient (Wildman–Crippen LogP) is 3.35. The first-order valence-electron chi connectivity index (χ1n) is 8.39. The first kappa shape index (κ1) is 18.7. The molecule has 0 aromatic heterocycles. The molecule has 0 unspecified atom stereocenters. The van der Waals surface area contributed by atoms with Gasteiger partial charge in [0.15, 0.2) is 11.5 Å². The number of ether oxygens (including phenoxy) is 3. The number of thioether (sulfide) groups is 1. The van der Waals surface area contributed by atoms with E-state index in [1.807, 2.05) is 19.1 Å². The molecule has 2 heterocycles. The molecule has 2 aliphatic heterocycles. The van der Waals surface area contributed by atoms with Gasteiger partial charge in [0.05, 0.1) is 17.9 Å². The van der Waals surface area contributed by atoms with E-state index in [0.29, 0.717) is 27.3 Å². The number of rotatable bonds is 7. The van der Waals surface area contributed by atoms with Crippen LogP contribution in [-0.2, 0) is 14.3 Å². The Bertz CT molecular complexity index is 762. The fourth-order valence-electron chi connectivity index (χ4n) is 2.45. The Kier molecular flexibility index (Phi) is 6.16. The Hall–Kier alpha value is -2.06. The predicted molar refractivity (Wildman–Crippen MR) is 103 cm³/mol. The number of hydrogen-bond acceptors (Lipinski definition) is 7. The summed E-state index contributed by atoms with van der Waals surface area (Å²) in [4.78, 5) is 26.3. The second-order valence-electron chi connectivity index (χ2n) is 5.77. The average molecular weight is 393 g/mol. The van der Waals surface area contributed by atoms with Gasteiger partial charge >= 0.3 is 5.97 Å². The molecule has 1 aromatic rings. The van der Waals surface area contributed by atoms with Crippen molar-refractivity contribution in [2.24, 2.45) is 0 Å². The van der Waals surface area contributed by atoms with E-state index < -0.39 is 0 Å². The van der Waals surface area contributed by atoms with Gasteiger partial charge in [-0.25, -0.2) is 0 Å². The largest absolute Gasteiger partial charge is 0.466 e. The minimum absolute atomic E-state index is 0.132. The van der Waals surface area contributed by atoms with E-state index in [9.17, 15) is 9.59 Å². The van der Waals surface area contributed by atoms with E-state index in [4.69, 9.17) is 26.4 Å². The molecule has 1 aromatic carbocycles. The summed E-state index contributed by atoms with van der Waals surface area (Å²) in [6.07, 6.45) is 3.70. The lowest BCUT2D eigenvalue weighted by Gasteiger charge is -2.13. The minimum atomic E-state index is -0.313. The molecule has 138 valence electrons. The fraction of sp³-hybridized carbons (Fsp3) is 0.389. The zero-order valence-corrected chi connectivity index (χ0v) is 16.0. The van der Waals surface area contributed by atoms with E-state index >= 15 is 0 Å². The van der Waals surface area contributed by atoms with Crippen LogP contribution >= 0.6 is 24.0 Å². The van der Waals surface area contributed by atoms with Gasteiger partial charge in [-0.3, -0.25) is 14.5 Å². The maximum Gasteiger partial charge on any atom is 0.307 e. The third-order valence-electron chi connectivity index (χ3n) is 3.87. The summed E-state index contributed by atoms with van der Waals surface area (Å²) >= 11 is 6.51. The number of nitrogens with zero attached hydrogens (tertiary/aromatic N) is 1. The lowest BCUT2D eigenvalue weighted by Crippen LogP contribution is -2.30.